The number of amides is 1. The zero-order valence-corrected chi connectivity index (χ0v) is 13.0. The fraction of sp³-hybridized carbons (Fsp3) is 0.267. The first-order valence-corrected chi connectivity index (χ1v) is 7.14. The molecule has 0 unspecified atom stereocenters. The van der Waals surface area contributed by atoms with E-state index in [1.807, 2.05) is 18.5 Å². The average Bonchev–Trinajstić information content (AvgIpc) is 2.93. The van der Waals surface area contributed by atoms with Crippen molar-refractivity contribution in [3.05, 3.63) is 46.6 Å². The first-order chi connectivity index (χ1) is 11.0. The summed E-state index contributed by atoms with van der Waals surface area (Å²) in [5.41, 5.74) is 1.19. The third kappa shape index (κ3) is 2.83. The van der Waals surface area contributed by atoms with Crippen molar-refractivity contribution in [2.75, 3.05) is 5.32 Å². The maximum absolute atomic E-state index is 12.2. The second-order valence-electron chi connectivity index (χ2n) is 5.45. The number of carbonyl (C=O) groups excluding carboxylic acids is 1. The van der Waals surface area contributed by atoms with Crippen LogP contribution in [0.1, 0.15) is 30.4 Å². The Morgan fingerprint density at radius 3 is 2.74 bits per heavy atom. The minimum Gasteiger partial charge on any atom is -0.319 e. The van der Waals surface area contributed by atoms with Crippen LogP contribution in [-0.4, -0.2) is 30.5 Å². The molecule has 0 aliphatic rings. The number of anilines is 1. The average molecular weight is 312 g/mol. The number of hydrogen-bond donors (Lipinski definition) is 1. The summed E-state index contributed by atoms with van der Waals surface area (Å²) in [5, 5.41) is 11.8. The first kappa shape index (κ1) is 14.9. The van der Waals surface area contributed by atoms with Crippen LogP contribution in [0.25, 0.3) is 11.0 Å². The molecule has 1 amide bonds. The summed E-state index contributed by atoms with van der Waals surface area (Å²) in [6.07, 6.45) is 3.28. The lowest BCUT2D eigenvalue weighted by Gasteiger charge is -2.07. The van der Waals surface area contributed by atoms with Gasteiger partial charge in [-0.15, -0.1) is 0 Å². The molecule has 8 heteroatoms. The summed E-state index contributed by atoms with van der Waals surface area (Å²) in [6.45, 7) is 4.05. The monoisotopic (exact) mass is 312 g/mol. The number of rotatable bonds is 3. The van der Waals surface area contributed by atoms with Crippen molar-refractivity contribution in [1.29, 1.82) is 0 Å². The molecular weight excluding hydrogens is 296 g/mol. The molecule has 0 saturated heterocycles. The molecule has 0 bridgehead atoms. The Labute approximate surface area is 131 Å². The lowest BCUT2D eigenvalue weighted by molar-refractivity contribution is 0.102. The van der Waals surface area contributed by atoms with Crippen LogP contribution in [0.3, 0.4) is 0 Å². The van der Waals surface area contributed by atoms with E-state index in [9.17, 15) is 9.59 Å². The topological polar surface area (TPSA) is 94.7 Å². The molecule has 0 saturated carbocycles. The van der Waals surface area contributed by atoms with Crippen LogP contribution in [0, 0.1) is 0 Å². The first-order valence-electron chi connectivity index (χ1n) is 7.14. The van der Waals surface area contributed by atoms with E-state index in [4.69, 9.17) is 0 Å². The van der Waals surface area contributed by atoms with Crippen LogP contribution < -0.4 is 10.9 Å². The van der Waals surface area contributed by atoms with E-state index in [1.165, 1.54) is 19.2 Å². The Kier molecular flexibility index (Phi) is 3.65. The Morgan fingerprint density at radius 2 is 2.04 bits per heavy atom. The molecule has 3 rings (SSSR count). The van der Waals surface area contributed by atoms with Gasteiger partial charge in [-0.3, -0.25) is 9.59 Å². The minimum atomic E-state index is -0.405. The fourth-order valence-corrected chi connectivity index (χ4v) is 2.20. The van der Waals surface area contributed by atoms with E-state index >= 15 is 0 Å². The molecule has 23 heavy (non-hydrogen) atoms. The molecule has 8 nitrogen and oxygen atoms in total. The van der Waals surface area contributed by atoms with Crippen molar-refractivity contribution in [3.8, 4) is 0 Å². The zero-order chi connectivity index (χ0) is 16.6. The quantitative estimate of drug-likeness (QED) is 0.788. The summed E-state index contributed by atoms with van der Waals surface area (Å²) in [6, 6.07) is 4.69. The van der Waals surface area contributed by atoms with E-state index in [2.05, 4.69) is 20.5 Å². The van der Waals surface area contributed by atoms with E-state index < -0.39 is 5.91 Å². The number of hydrogen-bond acceptors (Lipinski definition) is 5. The predicted molar refractivity (Wildman–Crippen MR) is 85.3 cm³/mol. The van der Waals surface area contributed by atoms with Gasteiger partial charge in [0, 0.05) is 24.5 Å². The Hall–Kier alpha value is -3.03. The molecule has 0 aliphatic heterocycles. The van der Waals surface area contributed by atoms with Crippen LogP contribution in [0.4, 0.5) is 5.69 Å². The van der Waals surface area contributed by atoms with Crippen LogP contribution in [0.15, 0.2) is 35.4 Å². The lowest BCUT2D eigenvalue weighted by Crippen LogP contribution is -2.23. The molecule has 0 atom stereocenters. The standard InChI is InChI=1S/C15H16N6O2/c1-9(2)21-14-10(7-17-21)6-11(8-16-14)18-15(23)12-4-5-13(22)20(3)19-12/h4-9H,1-3H3,(H,18,23). The molecule has 3 heterocycles. The van der Waals surface area contributed by atoms with E-state index in [0.29, 0.717) is 5.69 Å². The van der Waals surface area contributed by atoms with Crippen molar-refractivity contribution in [3.63, 3.8) is 0 Å². The van der Waals surface area contributed by atoms with Crippen molar-refractivity contribution in [1.82, 2.24) is 24.5 Å². The molecule has 1 N–H and O–H groups in total. The third-order valence-electron chi connectivity index (χ3n) is 3.37. The number of pyridine rings is 1. The normalized spacial score (nSPS) is 11.1. The van der Waals surface area contributed by atoms with Crippen LogP contribution in [0.2, 0.25) is 0 Å². The summed E-state index contributed by atoms with van der Waals surface area (Å²) in [5.74, 6) is -0.405. The summed E-state index contributed by atoms with van der Waals surface area (Å²) >= 11 is 0. The highest BCUT2D eigenvalue weighted by Crippen LogP contribution is 2.19. The molecule has 3 aromatic rings. The van der Waals surface area contributed by atoms with Gasteiger partial charge < -0.3 is 5.32 Å². The van der Waals surface area contributed by atoms with Gasteiger partial charge in [-0.25, -0.2) is 14.3 Å². The van der Waals surface area contributed by atoms with E-state index in [-0.39, 0.29) is 17.3 Å². The SMILES string of the molecule is CC(C)n1ncc2cc(NC(=O)c3ccc(=O)n(C)n3)cnc21. The summed E-state index contributed by atoms with van der Waals surface area (Å²) in [4.78, 5) is 27.8. The largest absolute Gasteiger partial charge is 0.319 e. The van der Waals surface area contributed by atoms with Gasteiger partial charge in [0.2, 0.25) is 0 Å². The van der Waals surface area contributed by atoms with E-state index in [1.54, 1.807) is 18.5 Å². The highest BCUT2D eigenvalue weighted by molar-refractivity contribution is 6.03. The summed E-state index contributed by atoms with van der Waals surface area (Å²) < 4.78 is 2.93. The zero-order valence-electron chi connectivity index (χ0n) is 13.0. The summed E-state index contributed by atoms with van der Waals surface area (Å²) in [7, 11) is 1.49. The van der Waals surface area contributed by atoms with Gasteiger partial charge in [0.05, 0.1) is 18.1 Å². The van der Waals surface area contributed by atoms with Crippen molar-refractivity contribution >= 4 is 22.6 Å². The maximum atomic E-state index is 12.2. The smallest absolute Gasteiger partial charge is 0.276 e. The molecular formula is C15H16N6O2. The predicted octanol–water partition coefficient (Wildman–Crippen LogP) is 1.36. The molecule has 0 aromatic carbocycles. The number of nitrogens with one attached hydrogen (secondary N) is 1. The minimum absolute atomic E-state index is 0.157. The Morgan fingerprint density at radius 1 is 1.26 bits per heavy atom. The molecule has 0 fully saturated rings. The fourth-order valence-electron chi connectivity index (χ4n) is 2.20. The Balaban J connectivity index is 1.87. The van der Waals surface area contributed by atoms with Gasteiger partial charge >= 0.3 is 0 Å². The number of aromatic nitrogens is 5. The molecule has 118 valence electrons. The number of fused-ring (bicyclic) bond motifs is 1. The van der Waals surface area contributed by atoms with Gasteiger partial charge in [-0.1, -0.05) is 0 Å². The van der Waals surface area contributed by atoms with Gasteiger partial charge in [-0.05, 0) is 26.0 Å². The molecule has 0 aliphatic carbocycles. The van der Waals surface area contributed by atoms with E-state index in [0.717, 1.165) is 15.7 Å². The van der Waals surface area contributed by atoms with Crippen LogP contribution in [0.5, 0.6) is 0 Å². The van der Waals surface area contributed by atoms with Crippen molar-refractivity contribution in [2.24, 2.45) is 7.05 Å². The maximum Gasteiger partial charge on any atom is 0.276 e. The third-order valence-corrected chi connectivity index (χ3v) is 3.37. The van der Waals surface area contributed by atoms with Crippen LogP contribution >= 0.6 is 0 Å². The van der Waals surface area contributed by atoms with Crippen molar-refractivity contribution < 1.29 is 4.79 Å². The van der Waals surface area contributed by atoms with Gasteiger partial charge in [0.15, 0.2) is 5.65 Å². The van der Waals surface area contributed by atoms with Crippen LogP contribution in [-0.2, 0) is 7.05 Å². The highest BCUT2D eigenvalue weighted by atomic mass is 16.2. The molecule has 3 aromatic heterocycles. The van der Waals surface area contributed by atoms with Gasteiger partial charge in [0.25, 0.3) is 11.5 Å². The second-order valence-corrected chi connectivity index (χ2v) is 5.45. The second kappa shape index (κ2) is 5.64. The number of nitrogens with zero attached hydrogens (tertiary/aromatic N) is 5. The number of aryl methyl sites for hydroxylation is 1. The van der Waals surface area contributed by atoms with Crippen molar-refractivity contribution in [2.45, 2.75) is 19.9 Å². The Bertz CT molecular complexity index is 941. The van der Waals surface area contributed by atoms with Gasteiger partial charge in [-0.2, -0.15) is 10.2 Å². The van der Waals surface area contributed by atoms with Gasteiger partial charge in [0.1, 0.15) is 5.69 Å². The highest BCUT2D eigenvalue weighted by Gasteiger charge is 2.12. The number of carbonyl (C=O) groups is 1. The molecule has 0 spiro atoms. The molecule has 0 radical (unpaired) electrons. The lowest BCUT2D eigenvalue weighted by atomic mass is 10.3.